The minimum Gasteiger partial charge on any atom is -0.382 e. The van der Waals surface area contributed by atoms with Crippen LogP contribution in [0.1, 0.15) is 32.5 Å². The first kappa shape index (κ1) is 29.7. The second-order valence-corrected chi connectivity index (χ2v) is 16.4. The molecule has 45 heavy (non-hydrogen) atoms. The van der Waals surface area contributed by atoms with Crippen molar-refractivity contribution in [3.63, 3.8) is 0 Å². The summed E-state index contributed by atoms with van der Waals surface area (Å²) in [5, 5.41) is 0. The second-order valence-electron chi connectivity index (χ2n) is 12.1. The van der Waals surface area contributed by atoms with Crippen LogP contribution in [0.5, 0.6) is 0 Å². The van der Waals surface area contributed by atoms with Crippen molar-refractivity contribution in [1.29, 1.82) is 0 Å². The van der Waals surface area contributed by atoms with E-state index in [4.69, 9.17) is 34.3 Å². The fraction of sp³-hybridized carbons (Fsp3) is 0.583. The van der Waals surface area contributed by atoms with Gasteiger partial charge in [-0.25, -0.2) is 39.0 Å². The molecule has 2 saturated carbocycles. The second kappa shape index (κ2) is 10.1. The number of phosphoric ester groups is 1. The Labute approximate surface area is 260 Å². The van der Waals surface area contributed by atoms with Gasteiger partial charge >= 0.3 is 14.6 Å². The number of ether oxygens (including phenoxy) is 1. The van der Waals surface area contributed by atoms with Crippen LogP contribution in [0.25, 0.3) is 22.3 Å². The van der Waals surface area contributed by atoms with Crippen LogP contribution in [0.2, 0.25) is 0 Å². The van der Waals surface area contributed by atoms with E-state index >= 15 is 0 Å². The number of phosphoric acid groups is 1. The highest BCUT2D eigenvalue weighted by molar-refractivity contribution is 8.44. The van der Waals surface area contributed by atoms with E-state index in [1.54, 1.807) is 13.3 Å². The molecule has 4 aliphatic rings. The van der Waals surface area contributed by atoms with Gasteiger partial charge in [0.05, 0.1) is 38.1 Å². The maximum atomic E-state index is 13.8. The number of imidazole rings is 2. The molecule has 4 aromatic heterocycles. The number of anilines is 2. The number of nitrogen functional groups attached to an aromatic ring is 2. The van der Waals surface area contributed by atoms with Crippen LogP contribution in [0.4, 0.5) is 11.6 Å². The lowest BCUT2D eigenvalue weighted by molar-refractivity contribution is -0.0534. The van der Waals surface area contributed by atoms with Gasteiger partial charge < -0.3 is 25.7 Å². The number of fused-ring (bicyclic) bond motifs is 4. The normalized spacial score (nSPS) is 41.7. The predicted octanol–water partition coefficient (Wildman–Crippen LogP) is 2.52. The molecule has 18 nitrogen and oxygen atoms in total. The molecule has 2 aliphatic heterocycles. The molecule has 4 fully saturated rings. The Morgan fingerprint density at radius 1 is 0.933 bits per heavy atom. The average Bonchev–Trinajstić information content (AvgIpc) is 3.28. The first-order valence-corrected chi connectivity index (χ1v) is 18.4. The minimum atomic E-state index is -4.70. The molecular weight excluding hydrogens is 650 g/mol. The molecule has 11 atom stereocenters. The topological polar surface area (TPSA) is 240 Å². The summed E-state index contributed by atoms with van der Waals surface area (Å²) in [7, 11) is -4.70. The average molecular weight is 681 g/mol. The van der Waals surface area contributed by atoms with Crippen LogP contribution in [0.3, 0.4) is 0 Å². The van der Waals surface area contributed by atoms with Gasteiger partial charge in [0, 0.05) is 23.3 Å². The molecule has 1 spiro atoms. The lowest BCUT2D eigenvalue weighted by Gasteiger charge is -2.31. The number of nitrogens with two attached hydrogens (primary N) is 2. The van der Waals surface area contributed by atoms with Gasteiger partial charge in [-0.05, 0) is 12.3 Å². The summed E-state index contributed by atoms with van der Waals surface area (Å²) in [5.74, 6) is -0.534. The largest absolute Gasteiger partial charge is 0.472 e. The molecule has 2 bridgehead atoms. The van der Waals surface area contributed by atoms with E-state index in [2.05, 4.69) is 42.2 Å². The Morgan fingerprint density at radius 2 is 1.58 bits per heavy atom. The Kier molecular flexibility index (Phi) is 6.68. The molecule has 6 heterocycles. The molecule has 8 rings (SSSR count). The van der Waals surface area contributed by atoms with Crippen molar-refractivity contribution in [3.8, 4) is 0 Å². The number of hydrogen-bond donors (Lipinski definition) is 4. The maximum absolute atomic E-state index is 13.8. The van der Waals surface area contributed by atoms with Gasteiger partial charge in [0.1, 0.15) is 29.8 Å². The van der Waals surface area contributed by atoms with Crippen LogP contribution in [0.15, 0.2) is 25.3 Å². The first-order chi connectivity index (χ1) is 21.4. The summed E-state index contributed by atoms with van der Waals surface area (Å²) < 4.78 is 60.6. The lowest BCUT2D eigenvalue weighted by atomic mass is 9.94. The smallest absolute Gasteiger partial charge is 0.382 e. The number of rotatable bonds is 2. The summed E-state index contributed by atoms with van der Waals surface area (Å²) in [6.07, 6.45) is 2.76. The number of hydrogen-bond acceptors (Lipinski definition) is 15. The van der Waals surface area contributed by atoms with Crippen LogP contribution >= 0.6 is 26.9 Å². The fourth-order valence-corrected chi connectivity index (χ4v) is 10.0. The highest BCUT2D eigenvalue weighted by atomic mass is 32.7. The van der Waals surface area contributed by atoms with Crippen molar-refractivity contribution >= 4 is 60.8 Å². The third-order valence-electron chi connectivity index (χ3n) is 9.64. The number of thiol groups is 1. The Hall–Kier alpha value is -2.73. The number of aromatic nitrogens is 8. The van der Waals surface area contributed by atoms with E-state index < -0.39 is 50.5 Å². The van der Waals surface area contributed by atoms with Crippen LogP contribution < -0.4 is 11.5 Å². The van der Waals surface area contributed by atoms with Gasteiger partial charge in [0.2, 0.25) is 0 Å². The van der Waals surface area contributed by atoms with Gasteiger partial charge in [-0.2, -0.15) is 0 Å². The Morgan fingerprint density at radius 3 is 2.27 bits per heavy atom. The van der Waals surface area contributed by atoms with Crippen LogP contribution in [-0.2, 0) is 32.0 Å². The summed E-state index contributed by atoms with van der Waals surface area (Å²) in [5.41, 5.74) is 12.8. The molecular formula is C24H30N10O8P2S. The lowest BCUT2D eigenvalue weighted by Crippen LogP contribution is -2.32. The van der Waals surface area contributed by atoms with Gasteiger partial charge in [-0.15, -0.1) is 0 Å². The summed E-state index contributed by atoms with van der Waals surface area (Å²) >= 11 is 4.34. The highest BCUT2D eigenvalue weighted by Gasteiger charge is 2.73. The van der Waals surface area contributed by atoms with Gasteiger partial charge in [0.15, 0.2) is 29.2 Å². The van der Waals surface area contributed by atoms with E-state index in [1.165, 1.54) is 23.5 Å². The summed E-state index contributed by atoms with van der Waals surface area (Å²) in [4.78, 5) is 36.4. The minimum absolute atomic E-state index is 0.113. The van der Waals surface area contributed by atoms with Gasteiger partial charge in [-0.3, -0.25) is 22.7 Å². The molecule has 240 valence electrons. The van der Waals surface area contributed by atoms with E-state index in [-0.39, 0.29) is 42.7 Å². The van der Waals surface area contributed by atoms with E-state index in [0.717, 1.165) is 0 Å². The first-order valence-electron chi connectivity index (χ1n) is 14.2. The van der Waals surface area contributed by atoms with Gasteiger partial charge in [-0.1, -0.05) is 26.1 Å². The maximum Gasteiger partial charge on any atom is 0.472 e. The van der Waals surface area contributed by atoms with Crippen molar-refractivity contribution < 1.29 is 36.9 Å². The van der Waals surface area contributed by atoms with Crippen molar-refractivity contribution in [3.05, 3.63) is 25.3 Å². The van der Waals surface area contributed by atoms with Crippen LogP contribution in [0, 0.1) is 23.2 Å². The molecule has 2 aliphatic carbocycles. The van der Waals surface area contributed by atoms with Crippen molar-refractivity contribution in [1.82, 2.24) is 39.0 Å². The van der Waals surface area contributed by atoms with E-state index in [0.29, 0.717) is 28.7 Å². The summed E-state index contributed by atoms with van der Waals surface area (Å²) in [6, 6.07) is -0.244. The van der Waals surface area contributed by atoms with Crippen molar-refractivity contribution in [2.45, 2.75) is 50.8 Å². The van der Waals surface area contributed by atoms with Crippen LogP contribution in [-0.4, -0.2) is 75.5 Å². The molecule has 21 heteroatoms. The SMILES string of the molecule is C[C@H]1[C@H]2OP(=O)(O)OCC34C[C@@H]3[C@@H](n3cnc5c(N)ncnc53)[C@H](C)[C@@H]4O[P@](=O)(S)OC[C@H]1O[C@H]2n1cnc2c(N)ncnc21. The monoisotopic (exact) mass is 680 g/mol. The van der Waals surface area contributed by atoms with E-state index in [1.807, 2.05) is 11.5 Å². The Bertz CT molecular complexity index is 1930. The fourth-order valence-electron chi connectivity index (χ4n) is 7.39. The zero-order valence-corrected chi connectivity index (χ0v) is 26.6. The van der Waals surface area contributed by atoms with E-state index in [9.17, 15) is 14.0 Å². The van der Waals surface area contributed by atoms with Crippen molar-refractivity contribution in [2.24, 2.45) is 23.2 Å². The Balaban J connectivity index is 1.14. The predicted molar refractivity (Wildman–Crippen MR) is 159 cm³/mol. The van der Waals surface area contributed by atoms with Gasteiger partial charge in [0.25, 0.3) is 0 Å². The molecule has 2 saturated heterocycles. The standard InChI is InChI=1S/C24H30N10O8P2S/c1-10-13-4-38-44(37,45)42-18-11(2)16(33-8-31-14-19(25)27-6-29-21(14)33)12-3-24(12,18)5-39-43(35,36)41-17(10)23(40-13)34-9-32-15-20(26)28-7-30-22(15)34/h6-13,16-18,23H,3-5H2,1-2H3,(H,35,36)(H,37,45)(H2,25,27,29)(H2,26,28,30)/t10-,11+,12-,13-,16+,17-,18+,23-,24?,44-/m1/s1. The zero-order chi connectivity index (χ0) is 31.5. The molecule has 2 unspecified atom stereocenters. The zero-order valence-electron chi connectivity index (χ0n) is 23.9. The highest BCUT2D eigenvalue weighted by Crippen LogP contribution is 2.74. The molecule has 0 radical (unpaired) electrons. The molecule has 5 N–H and O–H groups in total. The molecule has 4 aromatic rings. The molecule has 0 aromatic carbocycles. The van der Waals surface area contributed by atoms with Crippen molar-refractivity contribution in [2.75, 3.05) is 24.7 Å². The molecule has 0 amide bonds. The summed E-state index contributed by atoms with van der Waals surface area (Å²) in [6.45, 7) is -0.726. The quantitative estimate of drug-likeness (QED) is 0.176. The third kappa shape index (κ3) is 4.63. The third-order valence-corrected chi connectivity index (χ3v) is 12.2. The number of nitrogens with zero attached hydrogens (tertiary/aromatic N) is 8.